The molecule has 4 heteroatoms. The van der Waals surface area contributed by atoms with Crippen molar-refractivity contribution >= 4 is 9.84 Å². The molecule has 1 heterocycles. The number of benzene rings is 1. The van der Waals surface area contributed by atoms with Crippen molar-refractivity contribution in [2.75, 3.05) is 13.1 Å². The fraction of sp³-hybridized carbons (Fsp3) is 0.667. The fourth-order valence-corrected chi connectivity index (χ4v) is 4.26. The summed E-state index contributed by atoms with van der Waals surface area (Å²) in [5, 5.41) is -0.371. The van der Waals surface area contributed by atoms with Crippen molar-refractivity contribution in [3.05, 3.63) is 29.8 Å². The van der Waals surface area contributed by atoms with E-state index in [2.05, 4.69) is 18.7 Å². The van der Waals surface area contributed by atoms with Gasteiger partial charge in [-0.2, -0.15) is 0 Å². The maximum Gasteiger partial charge on any atom is 0.180 e. The van der Waals surface area contributed by atoms with Gasteiger partial charge in [-0.15, -0.1) is 0 Å². The van der Waals surface area contributed by atoms with Crippen LogP contribution in [0.2, 0.25) is 0 Å². The van der Waals surface area contributed by atoms with Crippen LogP contribution < -0.4 is 0 Å². The molecule has 0 amide bonds. The Morgan fingerprint density at radius 1 is 1.14 bits per heavy atom. The van der Waals surface area contributed by atoms with Gasteiger partial charge in [0.05, 0.1) is 10.1 Å². The lowest BCUT2D eigenvalue weighted by molar-refractivity contribution is 0.152. The molecule has 1 fully saturated rings. The maximum absolute atomic E-state index is 12.3. The molecule has 0 radical (unpaired) electrons. The van der Waals surface area contributed by atoms with Crippen LogP contribution in [-0.4, -0.2) is 31.7 Å². The quantitative estimate of drug-likeness (QED) is 0.828. The molecule has 1 aromatic carbocycles. The van der Waals surface area contributed by atoms with Gasteiger partial charge in [0.1, 0.15) is 0 Å². The van der Waals surface area contributed by atoms with E-state index >= 15 is 0 Å². The Bertz CT molecular complexity index is 585. The van der Waals surface area contributed by atoms with Crippen molar-refractivity contribution in [2.24, 2.45) is 11.8 Å². The molecular weight excluding hydrogens is 294 g/mol. The summed E-state index contributed by atoms with van der Waals surface area (Å²) in [6.07, 6.45) is 2.50. The van der Waals surface area contributed by atoms with Crippen LogP contribution in [0.3, 0.4) is 0 Å². The SMILES string of the molecule is CC(C)C1CCN(Cc2cccc(S(=O)(=O)C(C)C)c2)CC1. The lowest BCUT2D eigenvalue weighted by Gasteiger charge is -2.33. The van der Waals surface area contributed by atoms with Crippen LogP contribution in [0, 0.1) is 11.8 Å². The molecule has 0 unspecified atom stereocenters. The van der Waals surface area contributed by atoms with Gasteiger partial charge in [-0.05, 0) is 69.3 Å². The first-order valence-corrected chi connectivity index (χ1v) is 9.90. The van der Waals surface area contributed by atoms with Crippen molar-refractivity contribution in [3.63, 3.8) is 0 Å². The summed E-state index contributed by atoms with van der Waals surface area (Å²) in [5.41, 5.74) is 1.10. The predicted octanol–water partition coefficient (Wildman–Crippen LogP) is 3.74. The second-order valence-electron chi connectivity index (χ2n) is 7.10. The zero-order valence-electron chi connectivity index (χ0n) is 14.2. The third-order valence-electron chi connectivity index (χ3n) is 4.83. The van der Waals surface area contributed by atoms with Crippen molar-refractivity contribution in [1.82, 2.24) is 4.90 Å². The molecule has 22 heavy (non-hydrogen) atoms. The molecule has 0 spiro atoms. The summed E-state index contributed by atoms with van der Waals surface area (Å²) in [6, 6.07) is 7.47. The highest BCUT2D eigenvalue weighted by atomic mass is 32.2. The topological polar surface area (TPSA) is 37.4 Å². The minimum Gasteiger partial charge on any atom is -0.299 e. The molecule has 0 N–H and O–H groups in total. The number of likely N-dealkylation sites (tertiary alicyclic amines) is 1. The minimum atomic E-state index is -3.18. The molecule has 3 nitrogen and oxygen atoms in total. The largest absolute Gasteiger partial charge is 0.299 e. The van der Waals surface area contributed by atoms with Crippen LogP contribution in [0.5, 0.6) is 0 Å². The molecule has 1 aromatic rings. The van der Waals surface area contributed by atoms with Gasteiger partial charge >= 0.3 is 0 Å². The number of hydrogen-bond donors (Lipinski definition) is 0. The van der Waals surface area contributed by atoms with Gasteiger partial charge in [0.25, 0.3) is 0 Å². The summed E-state index contributed by atoms with van der Waals surface area (Å²) in [4.78, 5) is 2.90. The highest BCUT2D eigenvalue weighted by Crippen LogP contribution is 2.26. The monoisotopic (exact) mass is 323 g/mol. The normalized spacial score (nSPS) is 18.3. The van der Waals surface area contributed by atoms with Gasteiger partial charge in [-0.3, -0.25) is 4.90 Å². The average molecular weight is 324 g/mol. The van der Waals surface area contributed by atoms with Gasteiger partial charge < -0.3 is 0 Å². The van der Waals surface area contributed by atoms with Gasteiger partial charge in [-0.25, -0.2) is 8.42 Å². The Morgan fingerprint density at radius 3 is 2.32 bits per heavy atom. The van der Waals surface area contributed by atoms with Gasteiger partial charge in [0.2, 0.25) is 0 Å². The molecule has 0 saturated carbocycles. The molecule has 0 aliphatic carbocycles. The highest BCUT2D eigenvalue weighted by molar-refractivity contribution is 7.92. The van der Waals surface area contributed by atoms with Crippen LogP contribution in [0.1, 0.15) is 46.1 Å². The summed E-state index contributed by atoms with van der Waals surface area (Å²) in [5.74, 6) is 1.60. The molecule has 1 aliphatic rings. The van der Waals surface area contributed by atoms with E-state index in [-0.39, 0.29) is 5.25 Å². The number of sulfone groups is 1. The number of nitrogens with zero attached hydrogens (tertiary/aromatic N) is 1. The molecule has 0 aromatic heterocycles. The van der Waals surface area contributed by atoms with Gasteiger partial charge in [-0.1, -0.05) is 26.0 Å². The Hall–Kier alpha value is -0.870. The molecule has 1 aliphatic heterocycles. The smallest absolute Gasteiger partial charge is 0.180 e. The first kappa shape index (κ1) is 17.5. The van der Waals surface area contributed by atoms with Crippen molar-refractivity contribution in [3.8, 4) is 0 Å². The van der Waals surface area contributed by atoms with Crippen molar-refractivity contribution in [2.45, 2.75) is 57.2 Å². The van der Waals surface area contributed by atoms with E-state index in [1.165, 1.54) is 12.8 Å². The van der Waals surface area contributed by atoms with E-state index in [4.69, 9.17) is 0 Å². The summed E-state index contributed by atoms with van der Waals surface area (Å²) in [7, 11) is -3.18. The van der Waals surface area contributed by atoms with Crippen LogP contribution in [0.4, 0.5) is 0 Å². The standard InChI is InChI=1S/C18H29NO2S/c1-14(2)17-8-10-19(11-9-17)13-16-6-5-7-18(12-16)22(20,21)15(3)4/h5-7,12,14-15,17H,8-11,13H2,1-4H3. The Kier molecular flexibility index (Phi) is 5.67. The minimum absolute atomic E-state index is 0.371. The Morgan fingerprint density at radius 2 is 1.77 bits per heavy atom. The maximum atomic E-state index is 12.3. The van der Waals surface area contributed by atoms with Gasteiger partial charge in [0.15, 0.2) is 9.84 Å². The van der Waals surface area contributed by atoms with E-state index in [1.54, 1.807) is 19.9 Å². The second kappa shape index (κ2) is 7.14. The van der Waals surface area contributed by atoms with Crippen LogP contribution >= 0.6 is 0 Å². The Labute approximate surface area is 135 Å². The highest BCUT2D eigenvalue weighted by Gasteiger charge is 2.22. The number of hydrogen-bond acceptors (Lipinski definition) is 3. The first-order chi connectivity index (χ1) is 10.3. The van der Waals surface area contributed by atoms with Gasteiger partial charge in [0, 0.05) is 6.54 Å². The molecule has 0 bridgehead atoms. The van der Waals surface area contributed by atoms with Crippen molar-refractivity contribution in [1.29, 1.82) is 0 Å². The molecule has 0 atom stereocenters. The van der Waals surface area contributed by atoms with Crippen LogP contribution in [0.15, 0.2) is 29.2 Å². The fourth-order valence-electron chi connectivity index (χ4n) is 3.13. The molecule has 124 valence electrons. The predicted molar refractivity (Wildman–Crippen MR) is 91.6 cm³/mol. The molecule has 2 rings (SSSR count). The van der Waals surface area contributed by atoms with Crippen LogP contribution in [0.25, 0.3) is 0 Å². The summed E-state index contributed by atoms with van der Waals surface area (Å²) >= 11 is 0. The van der Waals surface area contributed by atoms with E-state index < -0.39 is 9.84 Å². The zero-order valence-corrected chi connectivity index (χ0v) is 15.1. The van der Waals surface area contributed by atoms with Crippen molar-refractivity contribution < 1.29 is 8.42 Å². The Balaban J connectivity index is 2.03. The number of piperidine rings is 1. The average Bonchev–Trinajstić information content (AvgIpc) is 2.48. The third kappa shape index (κ3) is 4.11. The zero-order chi connectivity index (χ0) is 16.3. The lowest BCUT2D eigenvalue weighted by Crippen LogP contribution is -2.34. The second-order valence-corrected chi connectivity index (χ2v) is 9.60. The van der Waals surface area contributed by atoms with E-state index in [0.717, 1.165) is 37.0 Å². The van der Waals surface area contributed by atoms with Crippen LogP contribution in [-0.2, 0) is 16.4 Å². The summed E-state index contributed by atoms with van der Waals surface area (Å²) < 4.78 is 24.6. The molecular formula is C18H29NO2S. The third-order valence-corrected chi connectivity index (χ3v) is 6.98. The first-order valence-electron chi connectivity index (χ1n) is 8.36. The number of rotatable bonds is 5. The van der Waals surface area contributed by atoms with E-state index in [9.17, 15) is 8.42 Å². The lowest BCUT2D eigenvalue weighted by atomic mass is 9.86. The molecule has 1 saturated heterocycles. The van der Waals surface area contributed by atoms with E-state index in [0.29, 0.717) is 4.90 Å². The summed E-state index contributed by atoms with van der Waals surface area (Å²) in [6.45, 7) is 11.2. The van der Waals surface area contributed by atoms with E-state index in [1.807, 2.05) is 18.2 Å².